The van der Waals surface area contributed by atoms with E-state index in [1.807, 2.05) is 24.3 Å². The van der Waals surface area contributed by atoms with Crippen molar-refractivity contribution in [3.63, 3.8) is 0 Å². The molecular formula is C12H6N2Te. The maximum absolute atomic E-state index is 8.64. The number of nitriles is 2. The van der Waals surface area contributed by atoms with Crippen LogP contribution in [-0.4, -0.2) is 20.4 Å². The van der Waals surface area contributed by atoms with E-state index in [4.69, 9.17) is 10.5 Å². The summed E-state index contributed by atoms with van der Waals surface area (Å²) in [5, 5.41) is 18.6. The summed E-state index contributed by atoms with van der Waals surface area (Å²) in [5.41, 5.74) is 1.10. The number of rotatable bonds is 1. The van der Waals surface area contributed by atoms with Gasteiger partial charge in [0.2, 0.25) is 0 Å². The monoisotopic (exact) mass is 308 g/mol. The Bertz CT molecular complexity index is 592. The normalized spacial score (nSPS) is 9.20. The molecule has 0 bridgehead atoms. The summed E-state index contributed by atoms with van der Waals surface area (Å²) in [6.45, 7) is 0. The number of nitrogens with zero attached hydrogens (tertiary/aromatic N) is 2. The van der Waals surface area contributed by atoms with Gasteiger partial charge in [0, 0.05) is 0 Å². The van der Waals surface area contributed by atoms with E-state index >= 15 is 0 Å². The topological polar surface area (TPSA) is 47.6 Å². The summed E-state index contributed by atoms with van der Waals surface area (Å²) in [4.78, 5) is 0. The molecule has 1 heterocycles. The van der Waals surface area contributed by atoms with E-state index in [0.29, 0.717) is 0 Å². The molecule has 2 aromatic rings. The molecule has 2 rings (SSSR count). The fourth-order valence-corrected chi connectivity index (χ4v) is 3.71. The molecule has 0 atom stereocenters. The molecule has 0 unspecified atom stereocenters. The Morgan fingerprint density at radius 1 is 1.20 bits per heavy atom. The van der Waals surface area contributed by atoms with Crippen LogP contribution < -0.4 is 0 Å². The van der Waals surface area contributed by atoms with E-state index in [2.05, 4.69) is 16.2 Å². The number of fused-ring (bicyclic) bond motifs is 1. The summed E-state index contributed by atoms with van der Waals surface area (Å²) >= 11 is -0.176. The summed E-state index contributed by atoms with van der Waals surface area (Å²) in [6.07, 6.45) is 1.63. The SMILES string of the molecule is N#CC(C#N)=Cc1ccc2cc[te]c2c1. The minimum absolute atomic E-state index is 0.154. The fourth-order valence-electron chi connectivity index (χ4n) is 1.32. The van der Waals surface area contributed by atoms with Crippen molar-refractivity contribution >= 4 is 35.3 Å². The molecule has 0 saturated heterocycles. The van der Waals surface area contributed by atoms with Crippen LogP contribution in [0.25, 0.3) is 14.9 Å². The standard InChI is InChI=1S/C12H6N2Te/c13-7-10(8-14)5-9-1-2-11-3-4-15-12(11)6-9/h1-6H. The van der Waals surface area contributed by atoms with Gasteiger partial charge in [0.05, 0.1) is 0 Å². The first-order valence-electron chi connectivity index (χ1n) is 4.32. The van der Waals surface area contributed by atoms with Crippen LogP contribution in [0.15, 0.2) is 33.9 Å². The number of allylic oxidation sites excluding steroid dienone is 1. The molecular weight excluding hydrogens is 300 g/mol. The van der Waals surface area contributed by atoms with Gasteiger partial charge in [-0.15, -0.1) is 0 Å². The molecule has 3 heteroatoms. The molecule has 0 radical (unpaired) electrons. The van der Waals surface area contributed by atoms with Crippen molar-refractivity contribution in [1.82, 2.24) is 0 Å². The van der Waals surface area contributed by atoms with Crippen LogP contribution >= 0.6 is 0 Å². The van der Waals surface area contributed by atoms with Crippen LogP contribution in [0.3, 0.4) is 0 Å². The van der Waals surface area contributed by atoms with Crippen LogP contribution in [0, 0.1) is 22.7 Å². The molecule has 1 aromatic heterocycles. The van der Waals surface area contributed by atoms with Crippen molar-refractivity contribution in [2.24, 2.45) is 0 Å². The molecule has 0 aliphatic carbocycles. The zero-order chi connectivity index (χ0) is 10.7. The van der Waals surface area contributed by atoms with Gasteiger partial charge in [0.25, 0.3) is 0 Å². The minimum atomic E-state index is -0.176. The summed E-state index contributed by atoms with van der Waals surface area (Å²) in [6, 6.07) is 11.9. The summed E-state index contributed by atoms with van der Waals surface area (Å²) in [7, 11) is 0. The summed E-state index contributed by atoms with van der Waals surface area (Å²) in [5.74, 6) is 0. The van der Waals surface area contributed by atoms with Crippen LogP contribution in [0.2, 0.25) is 0 Å². The van der Waals surface area contributed by atoms with Crippen molar-refractivity contribution in [1.29, 1.82) is 10.5 Å². The molecule has 0 N–H and O–H groups in total. The molecule has 1 aromatic carbocycles. The van der Waals surface area contributed by atoms with E-state index < -0.39 is 0 Å². The third-order valence-electron chi connectivity index (χ3n) is 2.03. The zero-order valence-corrected chi connectivity index (χ0v) is 10.1. The van der Waals surface area contributed by atoms with E-state index in [1.54, 1.807) is 6.08 Å². The van der Waals surface area contributed by atoms with E-state index in [1.165, 1.54) is 8.79 Å². The second kappa shape index (κ2) is 4.33. The van der Waals surface area contributed by atoms with Crippen molar-refractivity contribution < 1.29 is 0 Å². The predicted octanol–water partition coefficient (Wildman–Crippen LogP) is 2.33. The molecule has 0 fully saturated rings. The van der Waals surface area contributed by atoms with Gasteiger partial charge in [-0.05, 0) is 0 Å². The Balaban J connectivity index is 2.51. The van der Waals surface area contributed by atoms with E-state index in [0.717, 1.165) is 5.56 Å². The van der Waals surface area contributed by atoms with Crippen molar-refractivity contribution in [2.75, 3.05) is 0 Å². The average Bonchev–Trinajstić information content (AvgIpc) is 2.73. The molecule has 15 heavy (non-hydrogen) atoms. The fraction of sp³-hybridized carbons (Fsp3) is 0. The molecule has 0 aliphatic heterocycles. The first kappa shape index (κ1) is 10.0. The van der Waals surface area contributed by atoms with Gasteiger partial charge in [-0.25, -0.2) is 0 Å². The van der Waals surface area contributed by atoms with E-state index in [9.17, 15) is 0 Å². The van der Waals surface area contributed by atoms with Crippen molar-refractivity contribution in [3.05, 3.63) is 39.5 Å². The van der Waals surface area contributed by atoms with Gasteiger partial charge < -0.3 is 0 Å². The maximum atomic E-state index is 8.64. The third kappa shape index (κ3) is 2.11. The molecule has 0 amide bonds. The van der Waals surface area contributed by atoms with Crippen molar-refractivity contribution in [2.45, 2.75) is 0 Å². The first-order valence-corrected chi connectivity index (χ1v) is 6.84. The predicted molar refractivity (Wildman–Crippen MR) is 60.1 cm³/mol. The average molecular weight is 306 g/mol. The Kier molecular flexibility index (Phi) is 2.89. The Labute approximate surface area is 97.3 Å². The Hall–Kier alpha value is -1.53. The number of hydrogen-bond donors (Lipinski definition) is 0. The van der Waals surface area contributed by atoms with Gasteiger partial charge >= 0.3 is 97.4 Å². The van der Waals surface area contributed by atoms with Crippen LogP contribution in [-0.2, 0) is 0 Å². The van der Waals surface area contributed by atoms with Crippen molar-refractivity contribution in [3.8, 4) is 12.1 Å². The number of hydrogen-bond acceptors (Lipinski definition) is 2. The zero-order valence-electron chi connectivity index (χ0n) is 7.77. The van der Waals surface area contributed by atoms with Gasteiger partial charge in [-0.3, -0.25) is 0 Å². The summed E-state index contributed by atoms with van der Waals surface area (Å²) < 4.78 is 3.61. The van der Waals surface area contributed by atoms with Crippen LogP contribution in [0.4, 0.5) is 0 Å². The van der Waals surface area contributed by atoms with Crippen LogP contribution in [0.1, 0.15) is 5.56 Å². The van der Waals surface area contributed by atoms with Gasteiger partial charge in [0.15, 0.2) is 0 Å². The quantitative estimate of drug-likeness (QED) is 0.600. The molecule has 2 nitrogen and oxygen atoms in total. The van der Waals surface area contributed by atoms with Gasteiger partial charge in [-0.1, -0.05) is 0 Å². The second-order valence-electron chi connectivity index (χ2n) is 3.00. The molecule has 0 saturated carbocycles. The van der Waals surface area contributed by atoms with Gasteiger partial charge in [-0.2, -0.15) is 0 Å². The third-order valence-corrected chi connectivity index (χ3v) is 4.54. The van der Waals surface area contributed by atoms with E-state index in [-0.39, 0.29) is 26.0 Å². The second-order valence-corrected chi connectivity index (χ2v) is 5.70. The Morgan fingerprint density at radius 2 is 2.00 bits per heavy atom. The molecule has 0 spiro atoms. The Morgan fingerprint density at radius 3 is 2.73 bits per heavy atom. The van der Waals surface area contributed by atoms with Gasteiger partial charge in [0.1, 0.15) is 0 Å². The number of benzene rings is 1. The molecule has 0 aliphatic rings. The van der Waals surface area contributed by atoms with Crippen LogP contribution in [0.5, 0.6) is 0 Å². The first-order chi connectivity index (χ1) is 7.33. The molecule has 70 valence electrons.